The van der Waals surface area contributed by atoms with Gasteiger partial charge in [-0.3, -0.25) is 9.78 Å². The van der Waals surface area contributed by atoms with E-state index in [-0.39, 0.29) is 11.9 Å². The summed E-state index contributed by atoms with van der Waals surface area (Å²) in [5.74, 6) is -0.597. The molecule has 0 spiro atoms. The van der Waals surface area contributed by atoms with E-state index in [1.165, 1.54) is 6.20 Å². The number of anilines is 3. The molecule has 0 bridgehead atoms. The molecule has 2 aromatic carbocycles. The molecule has 0 saturated carbocycles. The first kappa shape index (κ1) is 18.1. The predicted octanol–water partition coefficient (Wildman–Crippen LogP) is 4.25. The van der Waals surface area contributed by atoms with Crippen molar-refractivity contribution in [2.45, 2.75) is 6.92 Å². The highest BCUT2D eigenvalue weighted by Crippen LogP contribution is 2.18. The third kappa shape index (κ3) is 4.92. The first-order chi connectivity index (χ1) is 13.2. The van der Waals surface area contributed by atoms with E-state index >= 15 is 0 Å². The minimum Gasteiger partial charge on any atom is -0.462 e. The van der Waals surface area contributed by atoms with Crippen LogP contribution in [0.2, 0.25) is 0 Å². The van der Waals surface area contributed by atoms with E-state index in [0.29, 0.717) is 23.4 Å². The highest BCUT2D eigenvalue weighted by atomic mass is 16.5. The fourth-order valence-corrected chi connectivity index (χ4v) is 2.43. The summed E-state index contributed by atoms with van der Waals surface area (Å²) in [6.45, 7) is 2.10. The van der Waals surface area contributed by atoms with Crippen molar-refractivity contribution in [3.05, 3.63) is 84.2 Å². The van der Waals surface area contributed by atoms with Gasteiger partial charge in [-0.05, 0) is 49.4 Å². The SMILES string of the molecule is CCOC(=O)c1ccc(Nc2cncc(C(=O)Nc3ccccc3)c2)cc1. The molecule has 0 fully saturated rings. The third-order valence-corrected chi connectivity index (χ3v) is 3.72. The van der Waals surface area contributed by atoms with Crippen LogP contribution in [0.4, 0.5) is 17.1 Å². The van der Waals surface area contributed by atoms with Crippen LogP contribution in [0.3, 0.4) is 0 Å². The van der Waals surface area contributed by atoms with Crippen molar-refractivity contribution in [2.24, 2.45) is 0 Å². The molecule has 0 aliphatic heterocycles. The molecule has 0 saturated heterocycles. The molecule has 0 unspecified atom stereocenters. The van der Waals surface area contributed by atoms with Gasteiger partial charge in [0.05, 0.1) is 29.6 Å². The molecule has 27 heavy (non-hydrogen) atoms. The minimum absolute atomic E-state index is 0.241. The number of nitrogens with one attached hydrogen (secondary N) is 2. The molecule has 3 aromatic rings. The number of amides is 1. The molecule has 0 aliphatic carbocycles. The second-order valence-electron chi connectivity index (χ2n) is 5.71. The first-order valence-corrected chi connectivity index (χ1v) is 8.51. The number of para-hydroxylation sites is 1. The lowest BCUT2D eigenvalue weighted by atomic mass is 10.2. The lowest BCUT2D eigenvalue weighted by Crippen LogP contribution is -2.12. The van der Waals surface area contributed by atoms with Gasteiger partial charge in [0.15, 0.2) is 0 Å². The molecule has 2 N–H and O–H groups in total. The Bertz CT molecular complexity index is 925. The van der Waals surface area contributed by atoms with Crippen LogP contribution in [0.15, 0.2) is 73.1 Å². The summed E-state index contributed by atoms with van der Waals surface area (Å²) in [6, 6.07) is 17.8. The summed E-state index contributed by atoms with van der Waals surface area (Å²) < 4.78 is 4.96. The largest absolute Gasteiger partial charge is 0.462 e. The Balaban J connectivity index is 1.68. The molecule has 6 heteroatoms. The number of aromatic nitrogens is 1. The Kier molecular flexibility index (Phi) is 5.79. The zero-order valence-corrected chi connectivity index (χ0v) is 14.8. The molecule has 0 aliphatic rings. The normalized spacial score (nSPS) is 10.1. The third-order valence-electron chi connectivity index (χ3n) is 3.72. The second kappa shape index (κ2) is 8.62. The zero-order valence-electron chi connectivity index (χ0n) is 14.8. The Hall–Kier alpha value is -3.67. The standard InChI is InChI=1S/C21H19N3O3/c1-2-27-21(26)15-8-10-18(11-9-15)23-19-12-16(13-22-14-19)20(25)24-17-6-4-3-5-7-17/h3-14,23H,2H2,1H3,(H,24,25). The number of benzene rings is 2. The van der Waals surface area contributed by atoms with E-state index in [1.54, 1.807) is 43.5 Å². The molecular weight excluding hydrogens is 342 g/mol. The van der Waals surface area contributed by atoms with Gasteiger partial charge in [-0.1, -0.05) is 18.2 Å². The van der Waals surface area contributed by atoms with Crippen molar-refractivity contribution >= 4 is 28.9 Å². The van der Waals surface area contributed by atoms with Crippen molar-refractivity contribution in [1.29, 1.82) is 0 Å². The number of hydrogen-bond donors (Lipinski definition) is 2. The fraction of sp³-hybridized carbons (Fsp3) is 0.0952. The van der Waals surface area contributed by atoms with Gasteiger partial charge in [-0.25, -0.2) is 4.79 Å². The van der Waals surface area contributed by atoms with Crippen LogP contribution >= 0.6 is 0 Å². The summed E-state index contributed by atoms with van der Waals surface area (Å²) in [5.41, 5.74) is 3.07. The van der Waals surface area contributed by atoms with Crippen LogP contribution < -0.4 is 10.6 Å². The van der Waals surface area contributed by atoms with Crippen molar-refractivity contribution in [3.63, 3.8) is 0 Å². The monoisotopic (exact) mass is 361 g/mol. The van der Waals surface area contributed by atoms with Gasteiger partial charge in [0.1, 0.15) is 0 Å². The number of rotatable bonds is 6. The molecule has 6 nitrogen and oxygen atoms in total. The van der Waals surface area contributed by atoms with E-state index in [2.05, 4.69) is 15.6 Å². The molecular formula is C21H19N3O3. The summed E-state index contributed by atoms with van der Waals surface area (Å²) in [5, 5.41) is 5.99. The van der Waals surface area contributed by atoms with Gasteiger partial charge in [0, 0.05) is 17.6 Å². The van der Waals surface area contributed by atoms with Crippen LogP contribution in [0.25, 0.3) is 0 Å². The van der Waals surface area contributed by atoms with Crippen molar-refractivity contribution in [3.8, 4) is 0 Å². The van der Waals surface area contributed by atoms with Crippen LogP contribution in [0.1, 0.15) is 27.6 Å². The fourth-order valence-electron chi connectivity index (χ4n) is 2.43. The van der Waals surface area contributed by atoms with Crippen molar-refractivity contribution in [1.82, 2.24) is 4.98 Å². The Morgan fingerprint density at radius 1 is 0.889 bits per heavy atom. The minimum atomic E-state index is -0.356. The summed E-state index contributed by atoms with van der Waals surface area (Å²) in [7, 11) is 0. The topological polar surface area (TPSA) is 80.3 Å². The van der Waals surface area contributed by atoms with Gasteiger partial charge in [0.2, 0.25) is 0 Å². The van der Waals surface area contributed by atoms with E-state index in [1.807, 2.05) is 30.3 Å². The summed E-state index contributed by atoms with van der Waals surface area (Å²) in [6.07, 6.45) is 3.13. The molecule has 0 atom stereocenters. The molecule has 3 rings (SSSR count). The average Bonchev–Trinajstić information content (AvgIpc) is 2.70. The van der Waals surface area contributed by atoms with Gasteiger partial charge in [-0.15, -0.1) is 0 Å². The van der Waals surface area contributed by atoms with E-state index in [9.17, 15) is 9.59 Å². The maximum atomic E-state index is 12.4. The number of hydrogen-bond acceptors (Lipinski definition) is 5. The molecule has 1 heterocycles. The zero-order chi connectivity index (χ0) is 19.1. The average molecular weight is 361 g/mol. The number of pyridine rings is 1. The number of nitrogens with zero attached hydrogens (tertiary/aromatic N) is 1. The lowest BCUT2D eigenvalue weighted by Gasteiger charge is -2.09. The Morgan fingerprint density at radius 3 is 2.33 bits per heavy atom. The highest BCUT2D eigenvalue weighted by molar-refractivity contribution is 6.04. The second-order valence-corrected chi connectivity index (χ2v) is 5.71. The van der Waals surface area contributed by atoms with Crippen molar-refractivity contribution in [2.75, 3.05) is 17.2 Å². The predicted molar refractivity (Wildman–Crippen MR) is 104 cm³/mol. The highest BCUT2D eigenvalue weighted by Gasteiger charge is 2.09. The maximum absolute atomic E-state index is 12.4. The van der Waals surface area contributed by atoms with Gasteiger partial charge >= 0.3 is 5.97 Å². The Morgan fingerprint density at radius 2 is 1.63 bits per heavy atom. The van der Waals surface area contributed by atoms with Gasteiger partial charge < -0.3 is 15.4 Å². The number of carbonyl (C=O) groups excluding carboxylic acids is 2. The summed E-state index contributed by atoms with van der Waals surface area (Å²) >= 11 is 0. The maximum Gasteiger partial charge on any atom is 0.338 e. The Labute approximate surface area is 157 Å². The van der Waals surface area contributed by atoms with E-state index in [0.717, 1.165) is 11.4 Å². The number of carbonyl (C=O) groups is 2. The van der Waals surface area contributed by atoms with Crippen molar-refractivity contribution < 1.29 is 14.3 Å². The van der Waals surface area contributed by atoms with Crippen LogP contribution in [-0.2, 0) is 4.74 Å². The first-order valence-electron chi connectivity index (χ1n) is 8.51. The van der Waals surface area contributed by atoms with Gasteiger partial charge in [0.25, 0.3) is 5.91 Å². The van der Waals surface area contributed by atoms with Crippen LogP contribution in [-0.4, -0.2) is 23.5 Å². The van der Waals surface area contributed by atoms with Crippen LogP contribution in [0.5, 0.6) is 0 Å². The number of ether oxygens (including phenoxy) is 1. The van der Waals surface area contributed by atoms with E-state index in [4.69, 9.17) is 4.74 Å². The summed E-state index contributed by atoms with van der Waals surface area (Å²) in [4.78, 5) is 28.2. The smallest absolute Gasteiger partial charge is 0.338 e. The lowest BCUT2D eigenvalue weighted by molar-refractivity contribution is 0.0526. The molecule has 136 valence electrons. The molecule has 1 amide bonds. The van der Waals surface area contributed by atoms with Crippen LogP contribution in [0, 0.1) is 0 Å². The molecule has 1 aromatic heterocycles. The van der Waals surface area contributed by atoms with E-state index < -0.39 is 0 Å². The molecule has 0 radical (unpaired) electrons. The van der Waals surface area contributed by atoms with Gasteiger partial charge in [-0.2, -0.15) is 0 Å². The number of esters is 1. The quantitative estimate of drug-likeness (QED) is 0.642.